The highest BCUT2D eigenvalue weighted by atomic mass is 79.9. The third-order valence-electron chi connectivity index (χ3n) is 5.56. The highest BCUT2D eigenvalue weighted by molar-refractivity contribution is 9.10. The first-order valence-electron chi connectivity index (χ1n) is 10.3. The molecule has 0 saturated heterocycles. The fraction of sp³-hybridized carbons (Fsp3) is 0.167. The summed E-state index contributed by atoms with van der Waals surface area (Å²) in [5, 5.41) is 2.82. The van der Waals surface area contributed by atoms with Crippen LogP contribution >= 0.6 is 27.3 Å². The molecule has 166 valence electrons. The minimum absolute atomic E-state index is 0.206. The zero-order valence-electron chi connectivity index (χ0n) is 17.7. The number of nitrogens with zero attached hydrogens (tertiary/aromatic N) is 2. The van der Waals surface area contributed by atoms with Crippen molar-refractivity contribution < 1.29 is 14.3 Å². The molecular weight excluding hydrogens is 506 g/mol. The predicted octanol–water partition coefficient (Wildman–Crippen LogP) is 2.88. The van der Waals surface area contributed by atoms with Crippen LogP contribution in [0.4, 0.5) is 5.69 Å². The van der Waals surface area contributed by atoms with Gasteiger partial charge >= 0.3 is 5.97 Å². The zero-order chi connectivity index (χ0) is 23.3. The van der Waals surface area contributed by atoms with Crippen LogP contribution in [0.5, 0.6) is 0 Å². The molecule has 0 radical (unpaired) electrons. The maximum atomic E-state index is 13.8. The molecule has 1 aromatic heterocycles. The van der Waals surface area contributed by atoms with Gasteiger partial charge < -0.3 is 10.1 Å². The van der Waals surface area contributed by atoms with Gasteiger partial charge in [-0.3, -0.25) is 14.2 Å². The van der Waals surface area contributed by atoms with Crippen molar-refractivity contribution in [3.05, 3.63) is 95.1 Å². The monoisotopic (exact) mass is 523 g/mol. The molecule has 2 aromatic carbocycles. The molecule has 1 atom stereocenters. The van der Waals surface area contributed by atoms with Gasteiger partial charge in [0.2, 0.25) is 0 Å². The van der Waals surface area contributed by atoms with Crippen molar-refractivity contribution in [1.82, 2.24) is 4.57 Å². The number of carbonyl (C=O) groups is 2. The van der Waals surface area contributed by atoms with Gasteiger partial charge in [-0.25, -0.2) is 9.79 Å². The van der Waals surface area contributed by atoms with Crippen LogP contribution in [0.15, 0.2) is 74.1 Å². The molecule has 0 bridgehead atoms. The van der Waals surface area contributed by atoms with E-state index in [4.69, 9.17) is 4.74 Å². The van der Waals surface area contributed by atoms with Crippen LogP contribution in [0, 0.1) is 0 Å². The number of aromatic nitrogens is 1. The Hall–Kier alpha value is -3.30. The van der Waals surface area contributed by atoms with Gasteiger partial charge in [0.1, 0.15) is 4.53 Å². The van der Waals surface area contributed by atoms with E-state index in [1.54, 1.807) is 19.9 Å². The summed E-state index contributed by atoms with van der Waals surface area (Å²) in [7, 11) is 0. The summed E-state index contributed by atoms with van der Waals surface area (Å²) in [6, 6.07) is 14.0. The standard InChI is InChI=1S/C24H18BrN3O4S/c1-3-32-23(31)17-12(2)26-24-28(19(17)13-7-5-4-6-8-13)22(30)20(33-24)18-15-11-14(25)9-10-16(15)27-21(18)29/h4-11,19H,3H2,1-2H3,(H,27,29)/b20-18-. The number of fused-ring (bicyclic) bond motifs is 2. The number of hydrogen-bond acceptors (Lipinski definition) is 6. The van der Waals surface area contributed by atoms with Crippen molar-refractivity contribution in [3.8, 4) is 0 Å². The number of carbonyl (C=O) groups excluding carboxylic acids is 2. The number of rotatable bonds is 3. The maximum Gasteiger partial charge on any atom is 0.338 e. The number of benzene rings is 2. The molecule has 0 saturated carbocycles. The Bertz CT molecular complexity index is 1540. The first-order valence-corrected chi connectivity index (χ1v) is 11.9. The van der Waals surface area contributed by atoms with Gasteiger partial charge in [-0.05, 0) is 37.6 Å². The smallest absolute Gasteiger partial charge is 0.338 e. The van der Waals surface area contributed by atoms with Gasteiger partial charge in [0, 0.05) is 15.7 Å². The predicted molar refractivity (Wildman–Crippen MR) is 129 cm³/mol. The van der Waals surface area contributed by atoms with Gasteiger partial charge in [-0.2, -0.15) is 0 Å². The van der Waals surface area contributed by atoms with Gasteiger partial charge in [0.25, 0.3) is 11.5 Å². The summed E-state index contributed by atoms with van der Waals surface area (Å²) in [5.74, 6) is -0.857. The summed E-state index contributed by atoms with van der Waals surface area (Å²) in [4.78, 5) is 44.5. The molecule has 2 aliphatic rings. The first kappa shape index (κ1) is 21.5. The number of ether oxygens (including phenoxy) is 1. The Morgan fingerprint density at radius 2 is 1.97 bits per heavy atom. The molecule has 1 unspecified atom stereocenters. The van der Waals surface area contributed by atoms with E-state index in [1.165, 1.54) is 4.57 Å². The molecule has 1 N–H and O–H groups in total. The first-order chi connectivity index (χ1) is 15.9. The van der Waals surface area contributed by atoms with Crippen LogP contribution in [-0.4, -0.2) is 23.1 Å². The normalized spacial score (nSPS) is 18.4. The van der Waals surface area contributed by atoms with Crippen LogP contribution in [0.3, 0.4) is 0 Å². The summed E-state index contributed by atoms with van der Waals surface area (Å²) in [6.07, 6.45) is 0. The summed E-state index contributed by atoms with van der Waals surface area (Å²) < 4.78 is 7.87. The van der Waals surface area contributed by atoms with Crippen molar-refractivity contribution in [2.75, 3.05) is 11.9 Å². The summed E-state index contributed by atoms with van der Waals surface area (Å²) in [6.45, 7) is 3.67. The number of hydrogen-bond donors (Lipinski definition) is 1. The number of amides is 1. The molecule has 7 nitrogen and oxygen atoms in total. The molecular formula is C24H18BrN3O4S. The SMILES string of the molecule is CCOC(=O)C1=C(C)N=c2s/c(=C3\C(=O)Nc4ccc(Br)cc43)c(=O)n2C1c1ccccc1. The highest BCUT2D eigenvalue weighted by Gasteiger charge is 2.35. The largest absolute Gasteiger partial charge is 0.463 e. The third-order valence-corrected chi connectivity index (χ3v) is 7.11. The number of anilines is 1. The molecule has 0 fully saturated rings. The van der Waals surface area contributed by atoms with Crippen LogP contribution < -0.4 is 20.2 Å². The van der Waals surface area contributed by atoms with Gasteiger partial charge in [-0.1, -0.05) is 57.6 Å². The fourth-order valence-corrected chi connectivity index (χ4v) is 5.66. The molecule has 9 heteroatoms. The second kappa shape index (κ2) is 8.24. The van der Waals surface area contributed by atoms with Crippen LogP contribution in [0.2, 0.25) is 0 Å². The molecule has 1 amide bonds. The molecule has 3 aromatic rings. The van der Waals surface area contributed by atoms with E-state index in [0.29, 0.717) is 32.9 Å². The Labute approximate surface area is 200 Å². The third kappa shape index (κ3) is 3.48. The quantitative estimate of drug-likeness (QED) is 0.534. The summed E-state index contributed by atoms with van der Waals surface area (Å²) >= 11 is 4.58. The Morgan fingerprint density at radius 3 is 2.70 bits per heavy atom. The van der Waals surface area contributed by atoms with Crippen molar-refractivity contribution in [2.45, 2.75) is 19.9 Å². The number of allylic oxidation sites excluding steroid dienone is 1. The Morgan fingerprint density at radius 1 is 1.21 bits per heavy atom. The van der Waals surface area contributed by atoms with Crippen LogP contribution in [-0.2, 0) is 14.3 Å². The second-order valence-electron chi connectivity index (χ2n) is 7.55. The average molecular weight is 524 g/mol. The molecule has 33 heavy (non-hydrogen) atoms. The van der Waals surface area contributed by atoms with Crippen LogP contribution in [0.1, 0.15) is 31.0 Å². The van der Waals surface area contributed by atoms with Gasteiger partial charge in [-0.15, -0.1) is 0 Å². The van der Waals surface area contributed by atoms with E-state index < -0.39 is 12.0 Å². The van der Waals surface area contributed by atoms with E-state index in [1.807, 2.05) is 42.5 Å². The second-order valence-corrected chi connectivity index (χ2v) is 9.45. The average Bonchev–Trinajstić information content (AvgIpc) is 3.28. The number of halogens is 1. The lowest BCUT2D eigenvalue weighted by Crippen LogP contribution is -2.40. The number of nitrogens with one attached hydrogen (secondary N) is 1. The lowest BCUT2D eigenvalue weighted by Gasteiger charge is -2.24. The van der Waals surface area contributed by atoms with Crippen molar-refractivity contribution in [2.24, 2.45) is 4.99 Å². The molecule has 5 rings (SSSR count). The number of esters is 1. The fourth-order valence-electron chi connectivity index (χ4n) is 4.16. The van der Waals surface area contributed by atoms with Crippen molar-refractivity contribution in [3.63, 3.8) is 0 Å². The molecule has 3 heterocycles. The lowest BCUT2D eigenvalue weighted by molar-refractivity contribution is -0.139. The van der Waals surface area contributed by atoms with E-state index in [9.17, 15) is 14.4 Å². The zero-order valence-corrected chi connectivity index (χ0v) is 20.1. The number of thiazole rings is 1. The highest BCUT2D eigenvalue weighted by Crippen LogP contribution is 2.33. The van der Waals surface area contributed by atoms with E-state index in [2.05, 4.69) is 26.2 Å². The molecule has 2 aliphatic heterocycles. The molecule has 0 spiro atoms. The van der Waals surface area contributed by atoms with Crippen molar-refractivity contribution >= 4 is 50.4 Å². The van der Waals surface area contributed by atoms with Crippen LogP contribution in [0.25, 0.3) is 5.57 Å². The van der Waals surface area contributed by atoms with Crippen molar-refractivity contribution in [1.29, 1.82) is 0 Å². The van der Waals surface area contributed by atoms with E-state index >= 15 is 0 Å². The Kier molecular flexibility index (Phi) is 5.38. The maximum absolute atomic E-state index is 13.8. The van der Waals surface area contributed by atoms with Gasteiger partial charge in [0.05, 0.1) is 29.5 Å². The Balaban J connectivity index is 1.83. The molecule has 0 aliphatic carbocycles. The van der Waals surface area contributed by atoms with E-state index in [0.717, 1.165) is 21.4 Å². The minimum atomic E-state index is -0.706. The lowest BCUT2D eigenvalue weighted by atomic mass is 9.96. The summed E-state index contributed by atoms with van der Waals surface area (Å²) in [5.41, 5.74) is 2.78. The van der Waals surface area contributed by atoms with Gasteiger partial charge in [0.15, 0.2) is 4.80 Å². The topological polar surface area (TPSA) is 89.8 Å². The van der Waals surface area contributed by atoms with E-state index in [-0.39, 0.29) is 22.6 Å². The minimum Gasteiger partial charge on any atom is -0.463 e.